The maximum atomic E-state index is 10.8. The number of benzene rings is 1. The number of halogens is 1. The number of anilines is 1. The molecule has 0 spiro atoms. The summed E-state index contributed by atoms with van der Waals surface area (Å²) >= 11 is 3.40. The second-order valence-corrected chi connectivity index (χ2v) is 4.80. The van der Waals surface area contributed by atoms with Gasteiger partial charge in [0.25, 0.3) is 5.69 Å². The first-order valence-corrected chi connectivity index (χ1v) is 6.16. The first-order valence-electron chi connectivity index (χ1n) is 5.37. The van der Waals surface area contributed by atoms with Gasteiger partial charge in [0, 0.05) is 29.2 Å². The summed E-state index contributed by atoms with van der Waals surface area (Å²) in [6, 6.07) is 3.42. The van der Waals surface area contributed by atoms with Gasteiger partial charge in [0.05, 0.1) is 23.8 Å². The molecule has 1 aromatic rings. The number of nitro benzene ring substituents is 1. The van der Waals surface area contributed by atoms with Gasteiger partial charge in [-0.05, 0) is 28.9 Å². The maximum Gasteiger partial charge on any atom is 0.273 e. The van der Waals surface area contributed by atoms with E-state index in [2.05, 4.69) is 20.8 Å². The van der Waals surface area contributed by atoms with Crippen molar-refractivity contribution in [1.29, 1.82) is 0 Å². The molecule has 2 rings (SSSR count). The fourth-order valence-corrected chi connectivity index (χ4v) is 2.48. The first kappa shape index (κ1) is 12.3. The Labute approximate surface area is 108 Å². The van der Waals surface area contributed by atoms with Gasteiger partial charge in [0.2, 0.25) is 0 Å². The highest BCUT2D eigenvalue weighted by molar-refractivity contribution is 9.10. The molecule has 0 unspecified atom stereocenters. The second-order valence-electron chi connectivity index (χ2n) is 3.95. The third kappa shape index (κ3) is 2.58. The summed E-state index contributed by atoms with van der Waals surface area (Å²) in [6.07, 6.45) is 0. The molecule has 1 aromatic carbocycles. The second kappa shape index (κ2) is 5.01. The van der Waals surface area contributed by atoms with Crippen LogP contribution in [0.5, 0.6) is 0 Å². The summed E-state index contributed by atoms with van der Waals surface area (Å²) in [5.74, 6) is 0. The molecule has 0 aliphatic carbocycles. The molecule has 92 valence electrons. The molecule has 1 heterocycles. The Balaban J connectivity index is 2.35. The molecule has 0 bridgehead atoms. The minimum atomic E-state index is -0.358. The molecular weight excluding hydrogens is 288 g/mol. The average Bonchev–Trinajstić information content (AvgIpc) is 2.32. The molecule has 17 heavy (non-hydrogen) atoms. The van der Waals surface area contributed by atoms with E-state index in [9.17, 15) is 10.1 Å². The highest BCUT2D eigenvalue weighted by Crippen LogP contribution is 2.33. The maximum absolute atomic E-state index is 10.8. The molecule has 5 nitrogen and oxygen atoms in total. The van der Waals surface area contributed by atoms with Crippen LogP contribution in [0.1, 0.15) is 5.56 Å². The van der Waals surface area contributed by atoms with Gasteiger partial charge in [-0.1, -0.05) is 0 Å². The number of hydrogen-bond acceptors (Lipinski definition) is 4. The number of rotatable bonds is 2. The molecule has 0 N–H and O–H groups in total. The third-order valence-electron chi connectivity index (χ3n) is 2.81. The Hall–Kier alpha value is -1.14. The van der Waals surface area contributed by atoms with Crippen LogP contribution in [0.2, 0.25) is 0 Å². The Kier molecular flexibility index (Phi) is 3.63. The van der Waals surface area contributed by atoms with Crippen molar-refractivity contribution in [2.75, 3.05) is 31.2 Å². The van der Waals surface area contributed by atoms with Crippen LogP contribution in [0.25, 0.3) is 0 Å². The van der Waals surface area contributed by atoms with Gasteiger partial charge in [0.15, 0.2) is 0 Å². The molecule has 0 saturated carbocycles. The van der Waals surface area contributed by atoms with Crippen LogP contribution >= 0.6 is 15.9 Å². The Bertz CT molecular complexity index is 445. The topological polar surface area (TPSA) is 55.6 Å². The SMILES string of the molecule is Cc1cc(N2CCOCC2)c(Br)cc1[N+](=O)[O-]. The van der Waals surface area contributed by atoms with Crippen molar-refractivity contribution in [3.8, 4) is 0 Å². The van der Waals surface area contributed by atoms with Gasteiger partial charge < -0.3 is 9.64 Å². The number of nitro groups is 1. The zero-order chi connectivity index (χ0) is 12.4. The largest absolute Gasteiger partial charge is 0.378 e. The van der Waals surface area contributed by atoms with Crippen LogP contribution in [0, 0.1) is 17.0 Å². The number of morpholine rings is 1. The minimum Gasteiger partial charge on any atom is -0.378 e. The van der Waals surface area contributed by atoms with E-state index < -0.39 is 0 Å². The van der Waals surface area contributed by atoms with Gasteiger partial charge in [-0.15, -0.1) is 0 Å². The quantitative estimate of drug-likeness (QED) is 0.622. The molecule has 1 saturated heterocycles. The van der Waals surface area contributed by atoms with Crippen LogP contribution in [-0.4, -0.2) is 31.2 Å². The molecule has 1 aliphatic rings. The van der Waals surface area contributed by atoms with Crippen LogP contribution < -0.4 is 4.90 Å². The number of nitrogens with zero attached hydrogens (tertiary/aromatic N) is 2. The molecule has 0 amide bonds. The summed E-state index contributed by atoms with van der Waals surface area (Å²) in [7, 11) is 0. The fraction of sp³-hybridized carbons (Fsp3) is 0.455. The average molecular weight is 301 g/mol. The smallest absolute Gasteiger partial charge is 0.273 e. The lowest BCUT2D eigenvalue weighted by Gasteiger charge is -2.29. The molecule has 1 fully saturated rings. The summed E-state index contributed by atoms with van der Waals surface area (Å²) in [4.78, 5) is 12.6. The van der Waals surface area contributed by atoms with E-state index in [1.165, 1.54) is 0 Å². The highest BCUT2D eigenvalue weighted by Gasteiger charge is 2.19. The van der Waals surface area contributed by atoms with E-state index in [0.717, 1.165) is 23.2 Å². The van der Waals surface area contributed by atoms with Crippen molar-refractivity contribution < 1.29 is 9.66 Å². The third-order valence-corrected chi connectivity index (χ3v) is 3.45. The lowest BCUT2D eigenvalue weighted by atomic mass is 10.1. The van der Waals surface area contributed by atoms with Gasteiger partial charge in [-0.3, -0.25) is 10.1 Å². The lowest BCUT2D eigenvalue weighted by Crippen LogP contribution is -2.36. The van der Waals surface area contributed by atoms with Crippen molar-refractivity contribution in [3.05, 3.63) is 32.3 Å². The molecule has 1 aliphatic heterocycles. The van der Waals surface area contributed by atoms with Crippen LogP contribution in [-0.2, 0) is 4.74 Å². The van der Waals surface area contributed by atoms with Crippen LogP contribution in [0.15, 0.2) is 16.6 Å². The number of aryl methyl sites for hydroxylation is 1. The predicted octanol–water partition coefficient (Wildman–Crippen LogP) is 2.50. The molecule has 0 radical (unpaired) electrons. The van der Waals surface area contributed by atoms with Crippen LogP contribution in [0.3, 0.4) is 0 Å². The van der Waals surface area contributed by atoms with Gasteiger partial charge in [-0.2, -0.15) is 0 Å². The zero-order valence-corrected chi connectivity index (χ0v) is 11.1. The Morgan fingerprint density at radius 2 is 2.06 bits per heavy atom. The monoisotopic (exact) mass is 300 g/mol. The lowest BCUT2D eigenvalue weighted by molar-refractivity contribution is -0.385. The number of ether oxygens (including phenoxy) is 1. The minimum absolute atomic E-state index is 0.147. The Morgan fingerprint density at radius 3 is 2.65 bits per heavy atom. The number of hydrogen-bond donors (Lipinski definition) is 0. The van der Waals surface area contributed by atoms with Gasteiger partial charge in [-0.25, -0.2) is 0 Å². The fourth-order valence-electron chi connectivity index (χ4n) is 1.90. The highest BCUT2D eigenvalue weighted by atomic mass is 79.9. The van der Waals surface area contributed by atoms with Crippen molar-refractivity contribution in [3.63, 3.8) is 0 Å². The summed E-state index contributed by atoms with van der Waals surface area (Å²) in [6.45, 7) is 4.78. The Morgan fingerprint density at radius 1 is 1.41 bits per heavy atom. The predicted molar refractivity (Wildman–Crippen MR) is 68.6 cm³/mol. The summed E-state index contributed by atoms with van der Waals surface area (Å²) in [5, 5.41) is 10.8. The molecule has 6 heteroatoms. The van der Waals surface area contributed by atoms with Gasteiger partial charge in [0.1, 0.15) is 0 Å². The molecular formula is C11H13BrN2O3. The van der Waals surface area contributed by atoms with Crippen molar-refractivity contribution in [2.24, 2.45) is 0 Å². The van der Waals surface area contributed by atoms with Crippen molar-refractivity contribution in [1.82, 2.24) is 0 Å². The zero-order valence-electron chi connectivity index (χ0n) is 9.48. The standard InChI is InChI=1S/C11H13BrN2O3/c1-8-6-11(13-2-4-17-5-3-13)9(12)7-10(8)14(15)16/h6-7H,2-5H2,1H3. The van der Waals surface area contributed by atoms with E-state index in [-0.39, 0.29) is 10.6 Å². The normalized spacial score (nSPS) is 16.0. The van der Waals surface area contributed by atoms with E-state index in [1.54, 1.807) is 13.0 Å². The first-order chi connectivity index (χ1) is 8.09. The van der Waals surface area contributed by atoms with Crippen molar-refractivity contribution in [2.45, 2.75) is 6.92 Å². The van der Waals surface area contributed by atoms with Gasteiger partial charge >= 0.3 is 0 Å². The van der Waals surface area contributed by atoms with E-state index in [1.807, 2.05) is 6.07 Å². The summed E-state index contributed by atoms with van der Waals surface area (Å²) in [5.41, 5.74) is 1.82. The van der Waals surface area contributed by atoms with Crippen LogP contribution in [0.4, 0.5) is 11.4 Å². The van der Waals surface area contributed by atoms with E-state index >= 15 is 0 Å². The van der Waals surface area contributed by atoms with Crippen molar-refractivity contribution >= 4 is 27.3 Å². The van der Waals surface area contributed by atoms with E-state index in [4.69, 9.17) is 4.74 Å². The molecule has 0 atom stereocenters. The van der Waals surface area contributed by atoms with E-state index in [0.29, 0.717) is 18.8 Å². The molecule has 0 aromatic heterocycles. The summed E-state index contributed by atoms with van der Waals surface area (Å²) < 4.78 is 6.05.